The molecule has 0 saturated carbocycles. The van der Waals surface area contributed by atoms with Crippen molar-refractivity contribution in [3.05, 3.63) is 76.8 Å². The molecule has 4 rings (SSSR count). The van der Waals surface area contributed by atoms with Crippen LogP contribution in [-0.2, 0) is 26.2 Å². The molecule has 3 aromatic carbocycles. The monoisotopic (exact) mass is 645 g/mol. The van der Waals surface area contributed by atoms with Crippen molar-refractivity contribution >= 4 is 48.9 Å². The maximum atomic E-state index is 13.2. The molecule has 0 atom stereocenters. The zero-order chi connectivity index (χ0) is 30.9. The van der Waals surface area contributed by atoms with Gasteiger partial charge in [-0.2, -0.15) is 17.5 Å². The van der Waals surface area contributed by atoms with E-state index in [1.165, 1.54) is 41.7 Å². The van der Waals surface area contributed by atoms with Gasteiger partial charge in [-0.25, -0.2) is 16.8 Å². The van der Waals surface area contributed by atoms with Crippen molar-refractivity contribution in [2.24, 2.45) is 5.92 Å². The van der Waals surface area contributed by atoms with Gasteiger partial charge < -0.3 is 10.1 Å². The Morgan fingerprint density at radius 3 is 2.12 bits per heavy atom. The van der Waals surface area contributed by atoms with Gasteiger partial charge in [0.1, 0.15) is 5.75 Å². The summed E-state index contributed by atoms with van der Waals surface area (Å²) in [5.41, 5.74) is -1.42. The molecule has 0 unspecified atom stereocenters. The molecule has 2 N–H and O–H groups in total. The predicted molar refractivity (Wildman–Crippen MR) is 152 cm³/mol. The van der Waals surface area contributed by atoms with E-state index in [1.807, 2.05) is 0 Å². The smallest absolute Gasteiger partial charge is 0.417 e. The number of methoxy groups -OCH3 is 1. The summed E-state index contributed by atoms with van der Waals surface area (Å²) in [5, 5.41) is 2.00. The molecular weight excluding hydrogens is 619 g/mol. The summed E-state index contributed by atoms with van der Waals surface area (Å²) in [7, 11) is -6.81. The van der Waals surface area contributed by atoms with Crippen molar-refractivity contribution in [2.45, 2.75) is 35.7 Å². The number of sulfonamides is 2. The maximum absolute atomic E-state index is 13.2. The Labute approximate surface area is 246 Å². The normalized spacial score (nSPS) is 15.3. The van der Waals surface area contributed by atoms with Crippen LogP contribution in [0.2, 0.25) is 5.02 Å². The number of nitrogens with one attached hydrogen (secondary N) is 2. The number of piperidine rings is 1. The van der Waals surface area contributed by atoms with E-state index in [2.05, 4.69) is 17.0 Å². The zero-order valence-electron chi connectivity index (χ0n) is 22.4. The number of hydrogen-bond donors (Lipinski definition) is 2. The Balaban J connectivity index is 1.52. The Morgan fingerprint density at radius 2 is 1.52 bits per heavy atom. The van der Waals surface area contributed by atoms with E-state index in [4.69, 9.17) is 16.3 Å². The van der Waals surface area contributed by atoms with Crippen LogP contribution in [0.1, 0.15) is 35.7 Å². The zero-order valence-corrected chi connectivity index (χ0v) is 24.8. The van der Waals surface area contributed by atoms with Crippen molar-refractivity contribution in [2.75, 3.05) is 30.2 Å². The molecule has 1 aliphatic heterocycles. The van der Waals surface area contributed by atoms with E-state index in [9.17, 15) is 34.8 Å². The summed E-state index contributed by atoms with van der Waals surface area (Å²) in [6.45, 7) is 2.82. The molecule has 0 bridgehead atoms. The Hall–Kier alpha value is -3.33. The largest absolute Gasteiger partial charge is 0.496 e. The molecule has 1 aliphatic rings. The fourth-order valence-corrected chi connectivity index (χ4v) is 7.11. The lowest BCUT2D eigenvalue weighted by Gasteiger charge is -2.29. The summed E-state index contributed by atoms with van der Waals surface area (Å²) in [4.78, 5) is 12.8. The highest BCUT2D eigenvalue weighted by molar-refractivity contribution is 7.92. The lowest BCUT2D eigenvalue weighted by Crippen LogP contribution is -2.37. The summed E-state index contributed by atoms with van der Waals surface area (Å²) in [6.07, 6.45) is -3.31. The van der Waals surface area contributed by atoms with Crippen LogP contribution < -0.4 is 14.8 Å². The molecule has 1 heterocycles. The minimum Gasteiger partial charge on any atom is -0.496 e. The van der Waals surface area contributed by atoms with Crippen molar-refractivity contribution in [1.29, 1.82) is 0 Å². The van der Waals surface area contributed by atoms with Crippen LogP contribution in [-0.4, -0.2) is 47.2 Å². The van der Waals surface area contributed by atoms with Crippen LogP contribution in [0.25, 0.3) is 0 Å². The number of anilines is 2. The molecule has 3 aromatic rings. The van der Waals surface area contributed by atoms with Crippen LogP contribution in [0.5, 0.6) is 5.75 Å². The number of alkyl halides is 3. The van der Waals surface area contributed by atoms with E-state index in [1.54, 1.807) is 0 Å². The summed E-state index contributed by atoms with van der Waals surface area (Å²) in [6, 6.07) is 11.4. The second-order valence-corrected chi connectivity index (χ2v) is 13.8. The molecule has 226 valence electrons. The van der Waals surface area contributed by atoms with Crippen molar-refractivity contribution in [1.82, 2.24) is 4.31 Å². The number of amides is 1. The van der Waals surface area contributed by atoms with E-state index in [0.29, 0.717) is 25.1 Å². The average Bonchev–Trinajstić information content (AvgIpc) is 2.93. The summed E-state index contributed by atoms with van der Waals surface area (Å²) in [5.74, 6) is -0.153. The number of hydrogen-bond acceptors (Lipinski definition) is 6. The summed E-state index contributed by atoms with van der Waals surface area (Å²) < 4.78 is 100. The fourth-order valence-electron chi connectivity index (χ4n) is 4.34. The first-order valence-corrected chi connectivity index (χ1v) is 15.9. The van der Waals surface area contributed by atoms with Gasteiger partial charge in [0, 0.05) is 24.5 Å². The Morgan fingerprint density at radius 1 is 0.929 bits per heavy atom. The quantitative estimate of drug-likeness (QED) is 0.317. The van der Waals surface area contributed by atoms with Gasteiger partial charge in [-0.15, -0.1) is 0 Å². The van der Waals surface area contributed by atoms with E-state index in [0.717, 1.165) is 37.1 Å². The Kier molecular flexibility index (Phi) is 9.11. The third-order valence-electron chi connectivity index (χ3n) is 6.74. The standard InChI is InChI=1S/C27H27ClF3N3O6S2/c1-17-11-13-34(14-12-17)42(38,39)21-8-10-25(40-2)22(16-21)26(35)32-18-3-6-20(7-4-18)41(36,37)33-19-5-9-24(28)23(15-19)27(29,30)31/h3-10,15-17,33H,11-14H2,1-2H3,(H,32,35). The van der Waals surface area contributed by atoms with Crippen LogP contribution in [0.15, 0.2) is 70.5 Å². The van der Waals surface area contributed by atoms with Gasteiger partial charge >= 0.3 is 6.18 Å². The molecule has 0 radical (unpaired) electrons. The van der Waals surface area contributed by atoms with Crippen LogP contribution in [0.4, 0.5) is 24.5 Å². The van der Waals surface area contributed by atoms with E-state index >= 15 is 0 Å². The highest BCUT2D eigenvalue weighted by atomic mass is 35.5. The first-order chi connectivity index (χ1) is 19.6. The van der Waals surface area contributed by atoms with Gasteiger partial charge in [-0.3, -0.25) is 9.52 Å². The molecule has 0 aliphatic carbocycles. The molecule has 0 spiro atoms. The predicted octanol–water partition coefficient (Wildman–Crippen LogP) is 5.84. The minimum absolute atomic E-state index is 0.0504. The lowest BCUT2D eigenvalue weighted by molar-refractivity contribution is -0.137. The van der Waals surface area contributed by atoms with Gasteiger partial charge in [0.2, 0.25) is 10.0 Å². The van der Waals surface area contributed by atoms with Crippen molar-refractivity contribution < 1.29 is 39.5 Å². The minimum atomic E-state index is -4.78. The Bertz CT molecular complexity index is 1690. The van der Waals surface area contributed by atoms with Gasteiger partial charge in [0.25, 0.3) is 15.9 Å². The molecule has 1 amide bonds. The first kappa shape index (κ1) is 31.6. The SMILES string of the molecule is COc1ccc(S(=O)(=O)N2CCC(C)CC2)cc1C(=O)Nc1ccc(S(=O)(=O)Nc2ccc(Cl)c(C(F)(F)F)c2)cc1. The van der Waals surface area contributed by atoms with Crippen LogP contribution in [0.3, 0.4) is 0 Å². The number of halogens is 4. The number of carbonyl (C=O) groups excluding carboxylic acids is 1. The number of nitrogens with zero attached hydrogens (tertiary/aromatic N) is 1. The molecular formula is C27H27ClF3N3O6S2. The third-order valence-corrected chi connectivity index (χ3v) is 10.4. The number of ether oxygens (including phenoxy) is 1. The second-order valence-electron chi connectivity index (χ2n) is 9.73. The molecule has 0 aromatic heterocycles. The second kappa shape index (κ2) is 12.1. The van der Waals surface area contributed by atoms with E-state index in [-0.39, 0.29) is 32.5 Å². The molecule has 9 nitrogen and oxygen atoms in total. The molecule has 1 fully saturated rings. The number of rotatable bonds is 8. The lowest BCUT2D eigenvalue weighted by atomic mass is 10.0. The highest BCUT2D eigenvalue weighted by Gasteiger charge is 2.34. The van der Waals surface area contributed by atoms with Gasteiger partial charge in [0.05, 0.1) is 33.1 Å². The highest BCUT2D eigenvalue weighted by Crippen LogP contribution is 2.36. The van der Waals surface area contributed by atoms with Gasteiger partial charge in [-0.05, 0) is 79.4 Å². The molecule has 42 heavy (non-hydrogen) atoms. The van der Waals surface area contributed by atoms with E-state index < -0.39 is 42.7 Å². The van der Waals surface area contributed by atoms with Crippen molar-refractivity contribution in [3.63, 3.8) is 0 Å². The average molecular weight is 646 g/mol. The van der Waals surface area contributed by atoms with Crippen molar-refractivity contribution in [3.8, 4) is 5.75 Å². The van der Waals surface area contributed by atoms with Crippen LogP contribution in [0, 0.1) is 5.92 Å². The van der Waals surface area contributed by atoms with Crippen LogP contribution >= 0.6 is 11.6 Å². The molecule has 1 saturated heterocycles. The fraction of sp³-hybridized carbons (Fsp3) is 0.296. The topological polar surface area (TPSA) is 122 Å². The molecule has 15 heteroatoms. The first-order valence-electron chi connectivity index (χ1n) is 12.6. The maximum Gasteiger partial charge on any atom is 0.417 e. The van der Waals surface area contributed by atoms with Gasteiger partial charge in [0.15, 0.2) is 0 Å². The number of carbonyl (C=O) groups is 1. The third kappa shape index (κ3) is 7.00. The summed E-state index contributed by atoms with van der Waals surface area (Å²) >= 11 is 5.59. The van der Waals surface area contributed by atoms with Gasteiger partial charge in [-0.1, -0.05) is 18.5 Å². The number of benzene rings is 3.